The molecule has 1 aliphatic heterocycles. The molecule has 1 saturated heterocycles. The predicted molar refractivity (Wildman–Crippen MR) is 83.0 cm³/mol. The van der Waals surface area contributed by atoms with Crippen LogP contribution in [0.2, 0.25) is 0 Å². The van der Waals surface area contributed by atoms with E-state index in [1.54, 1.807) is 6.26 Å². The van der Waals surface area contributed by atoms with Gasteiger partial charge in [0.25, 0.3) is 0 Å². The Balaban J connectivity index is 1.95. The van der Waals surface area contributed by atoms with E-state index in [4.69, 9.17) is 4.42 Å². The number of hydrogen-bond donors (Lipinski definition) is 1. The zero-order valence-electron chi connectivity index (χ0n) is 11.6. The standard InChI is InChI=1S/C18H15NO2/c1-11-6-8-14(18(20)19-11)15-10-21-16-9-7-12-4-2-3-5-13(12)17(15)16/h2-5,7,9-10,14H,1,6,8H2,(H,19,20)/t14-/m0/s1. The minimum Gasteiger partial charge on any atom is -0.464 e. The van der Waals surface area contributed by atoms with Gasteiger partial charge in [0.2, 0.25) is 5.91 Å². The molecule has 21 heavy (non-hydrogen) atoms. The lowest BCUT2D eigenvalue weighted by Gasteiger charge is -2.23. The number of hydrogen-bond acceptors (Lipinski definition) is 2. The minimum atomic E-state index is -0.164. The average Bonchev–Trinajstić information content (AvgIpc) is 2.91. The van der Waals surface area contributed by atoms with E-state index in [0.717, 1.165) is 45.8 Å². The van der Waals surface area contributed by atoms with Crippen molar-refractivity contribution in [3.63, 3.8) is 0 Å². The van der Waals surface area contributed by atoms with Gasteiger partial charge in [-0.25, -0.2) is 0 Å². The molecule has 1 aliphatic rings. The maximum absolute atomic E-state index is 12.3. The number of carbonyl (C=O) groups is 1. The summed E-state index contributed by atoms with van der Waals surface area (Å²) in [6.07, 6.45) is 3.33. The van der Waals surface area contributed by atoms with Gasteiger partial charge in [-0.15, -0.1) is 0 Å². The summed E-state index contributed by atoms with van der Waals surface area (Å²) in [7, 11) is 0. The summed E-state index contributed by atoms with van der Waals surface area (Å²) >= 11 is 0. The van der Waals surface area contributed by atoms with E-state index < -0.39 is 0 Å². The molecule has 0 radical (unpaired) electrons. The molecule has 2 heterocycles. The van der Waals surface area contributed by atoms with Crippen LogP contribution in [0.3, 0.4) is 0 Å². The summed E-state index contributed by atoms with van der Waals surface area (Å²) < 4.78 is 5.68. The molecule has 1 amide bonds. The molecule has 3 aromatic rings. The highest BCUT2D eigenvalue weighted by Crippen LogP contribution is 2.37. The van der Waals surface area contributed by atoms with Crippen molar-refractivity contribution in [3.05, 3.63) is 60.5 Å². The number of carbonyl (C=O) groups excluding carboxylic acids is 1. The Labute approximate surface area is 122 Å². The Kier molecular flexibility index (Phi) is 2.61. The van der Waals surface area contributed by atoms with Gasteiger partial charge in [-0.05, 0) is 29.7 Å². The fourth-order valence-corrected chi connectivity index (χ4v) is 3.16. The van der Waals surface area contributed by atoms with Crippen LogP contribution in [-0.2, 0) is 4.79 Å². The number of benzene rings is 2. The number of fused-ring (bicyclic) bond motifs is 3. The number of amides is 1. The Bertz CT molecular complexity index is 875. The number of allylic oxidation sites excluding steroid dienone is 1. The van der Waals surface area contributed by atoms with E-state index in [-0.39, 0.29) is 11.8 Å². The molecule has 1 N–H and O–H groups in total. The Hall–Kier alpha value is -2.55. The normalized spacial score (nSPS) is 19.1. The second kappa shape index (κ2) is 4.48. The van der Waals surface area contributed by atoms with Crippen LogP contribution in [0.4, 0.5) is 0 Å². The summed E-state index contributed by atoms with van der Waals surface area (Å²) in [5.41, 5.74) is 2.61. The average molecular weight is 277 g/mol. The molecule has 104 valence electrons. The van der Waals surface area contributed by atoms with Crippen LogP contribution < -0.4 is 5.32 Å². The Morgan fingerprint density at radius 1 is 1.19 bits per heavy atom. The predicted octanol–water partition coefficient (Wildman–Crippen LogP) is 4.09. The van der Waals surface area contributed by atoms with Crippen molar-refractivity contribution in [2.75, 3.05) is 0 Å². The van der Waals surface area contributed by atoms with Crippen molar-refractivity contribution < 1.29 is 9.21 Å². The molecule has 0 bridgehead atoms. The van der Waals surface area contributed by atoms with Crippen LogP contribution in [0.1, 0.15) is 24.3 Å². The van der Waals surface area contributed by atoms with Gasteiger partial charge >= 0.3 is 0 Å². The fourth-order valence-electron chi connectivity index (χ4n) is 3.16. The molecule has 0 spiro atoms. The second-order valence-corrected chi connectivity index (χ2v) is 5.53. The van der Waals surface area contributed by atoms with Crippen LogP contribution >= 0.6 is 0 Å². The van der Waals surface area contributed by atoms with Gasteiger partial charge in [0, 0.05) is 16.6 Å². The Morgan fingerprint density at radius 3 is 2.90 bits per heavy atom. The van der Waals surface area contributed by atoms with Gasteiger partial charge in [0.15, 0.2) is 0 Å². The molecule has 2 aromatic carbocycles. The van der Waals surface area contributed by atoms with Crippen molar-refractivity contribution in [2.45, 2.75) is 18.8 Å². The number of rotatable bonds is 1. The zero-order valence-corrected chi connectivity index (χ0v) is 11.6. The third-order valence-electron chi connectivity index (χ3n) is 4.22. The largest absolute Gasteiger partial charge is 0.464 e. The number of piperidine rings is 1. The summed E-state index contributed by atoms with van der Waals surface area (Å²) in [6.45, 7) is 3.84. The van der Waals surface area contributed by atoms with Crippen LogP contribution in [0.15, 0.2) is 59.4 Å². The highest BCUT2D eigenvalue weighted by atomic mass is 16.3. The van der Waals surface area contributed by atoms with E-state index in [1.165, 1.54) is 0 Å². The fraction of sp³-hybridized carbons (Fsp3) is 0.167. The van der Waals surface area contributed by atoms with E-state index in [2.05, 4.69) is 24.0 Å². The molecule has 1 fully saturated rings. The molecule has 0 aliphatic carbocycles. The van der Waals surface area contributed by atoms with Crippen molar-refractivity contribution in [1.29, 1.82) is 0 Å². The van der Waals surface area contributed by atoms with Crippen molar-refractivity contribution in [2.24, 2.45) is 0 Å². The maximum atomic E-state index is 12.3. The SMILES string of the molecule is C=C1CC[C@@H](c2coc3ccc4ccccc4c23)C(=O)N1. The third kappa shape index (κ3) is 1.85. The molecule has 0 saturated carbocycles. The lowest BCUT2D eigenvalue weighted by atomic mass is 9.88. The molecule has 0 unspecified atom stereocenters. The smallest absolute Gasteiger partial charge is 0.231 e. The highest BCUT2D eigenvalue weighted by Gasteiger charge is 2.28. The molecule has 4 rings (SSSR count). The summed E-state index contributed by atoms with van der Waals surface area (Å²) in [5, 5.41) is 6.21. The molecule has 3 nitrogen and oxygen atoms in total. The van der Waals surface area contributed by atoms with Crippen LogP contribution in [0, 0.1) is 0 Å². The van der Waals surface area contributed by atoms with Crippen molar-refractivity contribution >= 4 is 27.6 Å². The zero-order chi connectivity index (χ0) is 14.4. The second-order valence-electron chi connectivity index (χ2n) is 5.53. The molecule has 1 aromatic heterocycles. The quantitative estimate of drug-likeness (QED) is 0.727. The summed E-state index contributed by atoms with van der Waals surface area (Å²) in [6, 6.07) is 12.2. The van der Waals surface area contributed by atoms with Gasteiger partial charge in [0.05, 0.1) is 12.2 Å². The molecule has 3 heteroatoms. The first kappa shape index (κ1) is 12.2. The lowest BCUT2D eigenvalue weighted by Crippen LogP contribution is -2.33. The number of nitrogens with one attached hydrogen (secondary N) is 1. The van der Waals surface area contributed by atoms with Gasteiger partial charge < -0.3 is 9.73 Å². The van der Waals surface area contributed by atoms with E-state index in [0.29, 0.717) is 0 Å². The minimum absolute atomic E-state index is 0.0156. The number of furan rings is 1. The maximum Gasteiger partial charge on any atom is 0.231 e. The van der Waals surface area contributed by atoms with E-state index >= 15 is 0 Å². The molecular weight excluding hydrogens is 262 g/mol. The van der Waals surface area contributed by atoms with Crippen molar-refractivity contribution in [3.8, 4) is 0 Å². The highest BCUT2D eigenvalue weighted by molar-refractivity contribution is 6.09. The monoisotopic (exact) mass is 277 g/mol. The summed E-state index contributed by atoms with van der Waals surface area (Å²) in [5.74, 6) is -0.149. The van der Waals surface area contributed by atoms with Crippen LogP contribution in [0.5, 0.6) is 0 Å². The van der Waals surface area contributed by atoms with Gasteiger partial charge in [-0.2, -0.15) is 0 Å². The lowest BCUT2D eigenvalue weighted by molar-refractivity contribution is -0.122. The first-order chi connectivity index (χ1) is 10.2. The van der Waals surface area contributed by atoms with Crippen LogP contribution in [-0.4, -0.2) is 5.91 Å². The third-order valence-corrected chi connectivity index (χ3v) is 4.22. The van der Waals surface area contributed by atoms with Gasteiger partial charge in [0.1, 0.15) is 5.58 Å². The van der Waals surface area contributed by atoms with Gasteiger partial charge in [-0.3, -0.25) is 4.79 Å². The van der Waals surface area contributed by atoms with Crippen LogP contribution in [0.25, 0.3) is 21.7 Å². The van der Waals surface area contributed by atoms with E-state index in [9.17, 15) is 4.79 Å². The molecular formula is C18H15NO2. The first-order valence-corrected chi connectivity index (χ1v) is 7.11. The topological polar surface area (TPSA) is 42.2 Å². The Morgan fingerprint density at radius 2 is 2.05 bits per heavy atom. The van der Waals surface area contributed by atoms with Crippen molar-refractivity contribution in [1.82, 2.24) is 5.32 Å². The first-order valence-electron chi connectivity index (χ1n) is 7.11. The summed E-state index contributed by atoms with van der Waals surface area (Å²) in [4.78, 5) is 12.3. The molecule has 1 atom stereocenters. The van der Waals surface area contributed by atoms with Gasteiger partial charge in [-0.1, -0.05) is 36.9 Å². The van der Waals surface area contributed by atoms with E-state index in [1.807, 2.05) is 24.3 Å².